The predicted molar refractivity (Wildman–Crippen MR) is 125 cm³/mol. The van der Waals surface area contributed by atoms with E-state index in [1.807, 2.05) is 79.7 Å². The molecule has 0 unspecified atom stereocenters. The largest absolute Gasteiger partial charge is 0.208 e. The zero-order valence-electron chi connectivity index (χ0n) is 16.6. The topological polar surface area (TPSA) is 38.7 Å². The molecule has 0 fully saturated rings. The molecule has 0 amide bonds. The Morgan fingerprint density at radius 1 is 0.733 bits per heavy atom. The Morgan fingerprint density at radius 2 is 1.33 bits per heavy atom. The SMILES string of the molecule is C=C/C(=C\C)c1nc(-c2ccccc2)nc(-c2ccc(-c3cccc(Cl)c3)cc2)n1. The Kier molecular flexibility index (Phi) is 5.82. The average Bonchev–Trinajstić information content (AvgIpc) is 2.80. The smallest absolute Gasteiger partial charge is 0.164 e. The van der Waals surface area contributed by atoms with Crippen molar-refractivity contribution >= 4 is 17.2 Å². The molecule has 4 aromatic rings. The highest BCUT2D eigenvalue weighted by atomic mass is 35.5. The van der Waals surface area contributed by atoms with E-state index < -0.39 is 0 Å². The van der Waals surface area contributed by atoms with Crippen LogP contribution >= 0.6 is 11.6 Å². The van der Waals surface area contributed by atoms with Crippen LogP contribution in [0.3, 0.4) is 0 Å². The molecule has 3 nitrogen and oxygen atoms in total. The Balaban J connectivity index is 1.79. The van der Waals surface area contributed by atoms with E-state index in [0.717, 1.165) is 32.8 Å². The van der Waals surface area contributed by atoms with E-state index >= 15 is 0 Å². The molecule has 146 valence electrons. The average molecular weight is 410 g/mol. The standard InChI is InChI=1S/C26H20ClN3/c1-3-18(4-2)24-28-25(20-9-6-5-7-10-20)30-26(29-24)21-15-13-19(14-16-21)22-11-8-12-23(27)17-22/h3-17H,1H2,2H3/b18-4+. The van der Waals surface area contributed by atoms with E-state index in [9.17, 15) is 0 Å². The van der Waals surface area contributed by atoms with Crippen molar-refractivity contribution < 1.29 is 0 Å². The van der Waals surface area contributed by atoms with Crippen LogP contribution in [0.4, 0.5) is 0 Å². The van der Waals surface area contributed by atoms with Gasteiger partial charge in [0, 0.05) is 21.7 Å². The lowest BCUT2D eigenvalue weighted by atomic mass is 10.0. The molecule has 4 rings (SSSR count). The molecule has 1 heterocycles. The number of allylic oxidation sites excluding steroid dienone is 3. The lowest BCUT2D eigenvalue weighted by Gasteiger charge is -2.09. The molecule has 0 radical (unpaired) electrons. The minimum atomic E-state index is 0.607. The second-order valence-corrected chi connectivity index (χ2v) is 7.14. The van der Waals surface area contributed by atoms with Crippen LogP contribution in [-0.2, 0) is 0 Å². The summed E-state index contributed by atoms with van der Waals surface area (Å²) in [5.41, 5.74) is 4.88. The van der Waals surface area contributed by atoms with Crippen molar-refractivity contribution in [2.75, 3.05) is 0 Å². The van der Waals surface area contributed by atoms with Gasteiger partial charge in [0.05, 0.1) is 0 Å². The van der Waals surface area contributed by atoms with Crippen molar-refractivity contribution in [1.82, 2.24) is 15.0 Å². The highest BCUT2D eigenvalue weighted by Crippen LogP contribution is 2.27. The molecule has 0 saturated heterocycles. The Bertz CT molecular complexity index is 1210. The second kappa shape index (κ2) is 8.85. The maximum absolute atomic E-state index is 6.13. The van der Waals surface area contributed by atoms with Crippen LogP contribution in [-0.4, -0.2) is 15.0 Å². The van der Waals surface area contributed by atoms with Crippen LogP contribution in [0.15, 0.2) is 97.6 Å². The van der Waals surface area contributed by atoms with Gasteiger partial charge in [-0.15, -0.1) is 0 Å². The van der Waals surface area contributed by atoms with Gasteiger partial charge in [0.15, 0.2) is 17.5 Å². The molecule has 0 spiro atoms. The van der Waals surface area contributed by atoms with Crippen molar-refractivity contribution in [3.63, 3.8) is 0 Å². The number of nitrogens with zero attached hydrogens (tertiary/aromatic N) is 3. The molecule has 0 aliphatic carbocycles. The Morgan fingerprint density at radius 3 is 1.93 bits per heavy atom. The molecule has 3 aromatic carbocycles. The highest BCUT2D eigenvalue weighted by Gasteiger charge is 2.12. The summed E-state index contributed by atoms with van der Waals surface area (Å²) in [5, 5.41) is 0.717. The molecule has 4 heteroatoms. The van der Waals surface area contributed by atoms with Crippen LogP contribution in [0, 0.1) is 0 Å². The minimum absolute atomic E-state index is 0.607. The molecule has 30 heavy (non-hydrogen) atoms. The van der Waals surface area contributed by atoms with Gasteiger partial charge in [-0.25, -0.2) is 15.0 Å². The Hall–Kier alpha value is -3.56. The number of halogens is 1. The fraction of sp³-hybridized carbons (Fsp3) is 0.0385. The summed E-state index contributed by atoms with van der Waals surface area (Å²) >= 11 is 6.13. The first-order valence-corrected chi connectivity index (χ1v) is 10.0. The van der Waals surface area contributed by atoms with Crippen molar-refractivity contribution in [2.45, 2.75) is 6.92 Å². The fourth-order valence-corrected chi connectivity index (χ4v) is 3.36. The molecular formula is C26H20ClN3. The van der Waals surface area contributed by atoms with Crippen molar-refractivity contribution in [2.24, 2.45) is 0 Å². The first-order chi connectivity index (χ1) is 14.7. The molecule has 0 atom stereocenters. The zero-order valence-corrected chi connectivity index (χ0v) is 17.3. The van der Waals surface area contributed by atoms with E-state index in [-0.39, 0.29) is 0 Å². The Labute approximate surface area is 181 Å². The molecular weight excluding hydrogens is 390 g/mol. The maximum atomic E-state index is 6.13. The van der Waals surface area contributed by atoms with Crippen LogP contribution < -0.4 is 0 Å². The number of rotatable bonds is 5. The van der Waals surface area contributed by atoms with Gasteiger partial charge < -0.3 is 0 Å². The molecule has 0 aliphatic rings. The van der Waals surface area contributed by atoms with Gasteiger partial charge in [0.25, 0.3) is 0 Å². The summed E-state index contributed by atoms with van der Waals surface area (Å²) in [6.07, 6.45) is 3.71. The monoisotopic (exact) mass is 409 g/mol. The quantitative estimate of drug-likeness (QED) is 0.329. The first-order valence-electron chi connectivity index (χ1n) is 9.65. The van der Waals surface area contributed by atoms with Crippen LogP contribution in [0.25, 0.3) is 39.5 Å². The first kappa shape index (κ1) is 19.7. The summed E-state index contributed by atoms with van der Waals surface area (Å²) in [6, 6.07) is 25.9. The van der Waals surface area contributed by atoms with Crippen LogP contribution in [0.2, 0.25) is 5.02 Å². The van der Waals surface area contributed by atoms with Gasteiger partial charge in [-0.05, 0) is 30.2 Å². The van der Waals surface area contributed by atoms with E-state index in [1.165, 1.54) is 0 Å². The number of benzene rings is 3. The molecule has 0 N–H and O–H groups in total. The molecule has 0 aliphatic heterocycles. The maximum Gasteiger partial charge on any atom is 0.164 e. The summed E-state index contributed by atoms with van der Waals surface area (Å²) in [7, 11) is 0. The third kappa shape index (κ3) is 4.22. The molecule has 1 aromatic heterocycles. The van der Waals surface area contributed by atoms with Gasteiger partial charge >= 0.3 is 0 Å². The third-order valence-corrected chi connectivity index (χ3v) is 4.99. The summed E-state index contributed by atoms with van der Waals surface area (Å²) < 4.78 is 0. The minimum Gasteiger partial charge on any atom is -0.208 e. The van der Waals surface area contributed by atoms with Crippen LogP contribution in [0.5, 0.6) is 0 Å². The van der Waals surface area contributed by atoms with Gasteiger partial charge in [-0.3, -0.25) is 0 Å². The van der Waals surface area contributed by atoms with Crippen LogP contribution in [0.1, 0.15) is 12.7 Å². The second-order valence-electron chi connectivity index (χ2n) is 6.71. The zero-order chi connectivity index (χ0) is 20.9. The van der Waals surface area contributed by atoms with Gasteiger partial charge in [-0.2, -0.15) is 0 Å². The van der Waals surface area contributed by atoms with Gasteiger partial charge in [0.1, 0.15) is 0 Å². The number of hydrogen-bond donors (Lipinski definition) is 0. The van der Waals surface area contributed by atoms with Crippen molar-refractivity contribution in [1.29, 1.82) is 0 Å². The number of hydrogen-bond acceptors (Lipinski definition) is 3. The van der Waals surface area contributed by atoms with Gasteiger partial charge in [0.2, 0.25) is 0 Å². The lowest BCUT2D eigenvalue weighted by molar-refractivity contribution is 1.04. The van der Waals surface area contributed by atoms with E-state index in [0.29, 0.717) is 17.5 Å². The lowest BCUT2D eigenvalue weighted by Crippen LogP contribution is -2.02. The fourth-order valence-electron chi connectivity index (χ4n) is 3.17. The summed E-state index contributed by atoms with van der Waals surface area (Å²) in [6.45, 7) is 5.83. The van der Waals surface area contributed by atoms with Crippen molar-refractivity contribution in [3.05, 3.63) is 108 Å². The highest BCUT2D eigenvalue weighted by molar-refractivity contribution is 6.30. The van der Waals surface area contributed by atoms with E-state index in [1.54, 1.807) is 6.08 Å². The summed E-state index contributed by atoms with van der Waals surface area (Å²) in [5.74, 6) is 1.86. The third-order valence-electron chi connectivity index (χ3n) is 4.76. The number of aromatic nitrogens is 3. The summed E-state index contributed by atoms with van der Waals surface area (Å²) in [4.78, 5) is 14.1. The molecule has 0 saturated carbocycles. The van der Waals surface area contributed by atoms with Gasteiger partial charge in [-0.1, -0.05) is 97.1 Å². The molecule has 0 bridgehead atoms. The van der Waals surface area contributed by atoms with E-state index in [2.05, 4.69) is 23.7 Å². The van der Waals surface area contributed by atoms with Crippen molar-refractivity contribution in [3.8, 4) is 33.9 Å². The van der Waals surface area contributed by atoms with E-state index in [4.69, 9.17) is 21.6 Å². The normalized spacial score (nSPS) is 11.3. The predicted octanol–water partition coefficient (Wildman–Crippen LogP) is 7.12.